The molecule has 2 saturated heterocycles. The van der Waals surface area contributed by atoms with Gasteiger partial charge in [0, 0.05) is 31.0 Å². The number of aromatic nitrogens is 1. The molecule has 5 nitrogen and oxygen atoms in total. The number of hydrogen-bond donors (Lipinski definition) is 1. The molecule has 1 aromatic heterocycles. The lowest BCUT2D eigenvalue weighted by Gasteiger charge is -2.33. The van der Waals surface area contributed by atoms with E-state index >= 15 is 0 Å². The van der Waals surface area contributed by atoms with E-state index in [2.05, 4.69) is 0 Å². The van der Waals surface area contributed by atoms with Crippen LogP contribution in [0.4, 0.5) is 5.69 Å². The third-order valence-corrected chi connectivity index (χ3v) is 5.26. The molecular formula is C19H23N3O2. The molecule has 1 atom stereocenters. The number of carbonyl (C=O) groups is 1. The second-order valence-corrected chi connectivity index (χ2v) is 6.82. The SMILES string of the molecule is Nc1cc2ccccc2nc1C1CCN(C(=O)[C@H]2CCOC2)CC1. The van der Waals surface area contributed by atoms with Crippen molar-refractivity contribution in [2.45, 2.75) is 25.2 Å². The van der Waals surface area contributed by atoms with Crippen LogP contribution in [0.1, 0.15) is 30.9 Å². The quantitative estimate of drug-likeness (QED) is 0.921. The third kappa shape index (κ3) is 2.84. The lowest BCUT2D eigenvalue weighted by Crippen LogP contribution is -2.41. The van der Waals surface area contributed by atoms with E-state index in [1.165, 1.54) is 0 Å². The minimum absolute atomic E-state index is 0.0606. The zero-order chi connectivity index (χ0) is 16.5. The Morgan fingerprint density at radius 2 is 2.00 bits per heavy atom. The summed E-state index contributed by atoms with van der Waals surface area (Å²) in [5, 5.41) is 1.08. The molecule has 4 rings (SSSR count). The molecular weight excluding hydrogens is 302 g/mol. The van der Waals surface area contributed by atoms with Gasteiger partial charge in [-0.05, 0) is 31.4 Å². The molecule has 0 saturated carbocycles. The number of rotatable bonds is 2. The lowest BCUT2D eigenvalue weighted by molar-refractivity contribution is -0.136. The first-order valence-electron chi connectivity index (χ1n) is 8.74. The van der Waals surface area contributed by atoms with Gasteiger partial charge < -0.3 is 15.4 Å². The molecule has 2 N–H and O–H groups in total. The average Bonchev–Trinajstić information content (AvgIpc) is 3.15. The first-order chi connectivity index (χ1) is 11.7. The number of para-hydroxylation sites is 1. The van der Waals surface area contributed by atoms with Crippen LogP contribution in [0.15, 0.2) is 30.3 Å². The van der Waals surface area contributed by atoms with Crippen LogP contribution in [0, 0.1) is 5.92 Å². The molecule has 24 heavy (non-hydrogen) atoms. The highest BCUT2D eigenvalue weighted by atomic mass is 16.5. The van der Waals surface area contributed by atoms with Crippen LogP contribution in [0.3, 0.4) is 0 Å². The van der Waals surface area contributed by atoms with Crippen molar-refractivity contribution in [3.63, 3.8) is 0 Å². The van der Waals surface area contributed by atoms with E-state index in [4.69, 9.17) is 15.5 Å². The molecule has 2 fully saturated rings. The van der Waals surface area contributed by atoms with Crippen molar-refractivity contribution in [1.29, 1.82) is 0 Å². The predicted octanol–water partition coefficient (Wildman–Crippen LogP) is 2.56. The summed E-state index contributed by atoms with van der Waals surface area (Å²) in [7, 11) is 0. The number of piperidine rings is 1. The molecule has 2 aliphatic heterocycles. The number of amides is 1. The van der Waals surface area contributed by atoms with Gasteiger partial charge in [-0.3, -0.25) is 9.78 Å². The number of fused-ring (bicyclic) bond motifs is 1. The molecule has 2 aromatic rings. The molecule has 3 heterocycles. The Kier molecular flexibility index (Phi) is 4.10. The number of nitrogens with zero attached hydrogens (tertiary/aromatic N) is 2. The molecule has 1 amide bonds. The number of anilines is 1. The predicted molar refractivity (Wildman–Crippen MR) is 93.6 cm³/mol. The van der Waals surface area contributed by atoms with Crippen LogP contribution in [0.25, 0.3) is 10.9 Å². The zero-order valence-corrected chi connectivity index (χ0v) is 13.8. The van der Waals surface area contributed by atoms with Crippen molar-refractivity contribution in [3.8, 4) is 0 Å². The van der Waals surface area contributed by atoms with Crippen LogP contribution >= 0.6 is 0 Å². The van der Waals surface area contributed by atoms with Crippen molar-refractivity contribution in [2.75, 3.05) is 32.0 Å². The number of nitrogens with two attached hydrogens (primary N) is 1. The number of nitrogen functional groups attached to an aromatic ring is 1. The summed E-state index contributed by atoms with van der Waals surface area (Å²) in [5.41, 5.74) is 9.00. The van der Waals surface area contributed by atoms with Crippen LogP contribution in [-0.2, 0) is 9.53 Å². The first-order valence-corrected chi connectivity index (χ1v) is 8.74. The summed E-state index contributed by atoms with van der Waals surface area (Å²) in [4.78, 5) is 19.3. The first kappa shape index (κ1) is 15.4. The maximum absolute atomic E-state index is 12.5. The highest BCUT2D eigenvalue weighted by Gasteiger charge is 2.31. The van der Waals surface area contributed by atoms with Gasteiger partial charge in [0.1, 0.15) is 0 Å². The van der Waals surface area contributed by atoms with Crippen molar-refractivity contribution < 1.29 is 9.53 Å². The monoisotopic (exact) mass is 325 g/mol. The number of likely N-dealkylation sites (tertiary alicyclic amines) is 1. The van der Waals surface area contributed by atoms with Crippen LogP contribution in [-0.4, -0.2) is 42.1 Å². The Labute approximate surface area is 141 Å². The Hall–Kier alpha value is -2.14. The van der Waals surface area contributed by atoms with Gasteiger partial charge in [-0.1, -0.05) is 18.2 Å². The lowest BCUT2D eigenvalue weighted by atomic mass is 9.91. The molecule has 0 spiro atoms. The average molecular weight is 325 g/mol. The number of hydrogen-bond acceptors (Lipinski definition) is 4. The number of ether oxygens (including phenoxy) is 1. The maximum Gasteiger partial charge on any atom is 0.228 e. The van der Waals surface area contributed by atoms with Gasteiger partial charge in [0.15, 0.2) is 0 Å². The van der Waals surface area contributed by atoms with Gasteiger partial charge in [0.2, 0.25) is 5.91 Å². The maximum atomic E-state index is 12.5. The highest BCUT2D eigenvalue weighted by Crippen LogP contribution is 2.33. The summed E-state index contributed by atoms with van der Waals surface area (Å²) in [6.45, 7) is 2.87. The van der Waals surface area contributed by atoms with E-state index in [0.717, 1.165) is 54.6 Å². The van der Waals surface area contributed by atoms with Gasteiger partial charge in [-0.25, -0.2) is 0 Å². The summed E-state index contributed by atoms with van der Waals surface area (Å²) >= 11 is 0. The van der Waals surface area contributed by atoms with Crippen molar-refractivity contribution in [2.24, 2.45) is 5.92 Å². The Morgan fingerprint density at radius 3 is 2.75 bits per heavy atom. The van der Waals surface area contributed by atoms with E-state index in [1.807, 2.05) is 35.2 Å². The molecule has 1 aromatic carbocycles. The number of carbonyl (C=O) groups excluding carboxylic acids is 1. The summed E-state index contributed by atoms with van der Waals surface area (Å²) in [5.74, 6) is 0.647. The Bertz CT molecular complexity index is 747. The highest BCUT2D eigenvalue weighted by molar-refractivity contribution is 5.82. The van der Waals surface area contributed by atoms with Crippen LogP contribution in [0.2, 0.25) is 0 Å². The fraction of sp³-hybridized carbons (Fsp3) is 0.474. The van der Waals surface area contributed by atoms with Gasteiger partial charge in [0.25, 0.3) is 0 Å². The smallest absolute Gasteiger partial charge is 0.228 e. The molecule has 0 unspecified atom stereocenters. The van der Waals surface area contributed by atoms with Crippen LogP contribution < -0.4 is 5.73 Å². The summed E-state index contributed by atoms with van der Waals surface area (Å²) in [6.07, 6.45) is 2.71. The number of pyridine rings is 1. The van der Waals surface area contributed by atoms with Crippen molar-refractivity contribution in [1.82, 2.24) is 9.88 Å². The zero-order valence-electron chi connectivity index (χ0n) is 13.8. The van der Waals surface area contributed by atoms with E-state index < -0.39 is 0 Å². The van der Waals surface area contributed by atoms with Gasteiger partial charge in [0.05, 0.1) is 29.4 Å². The normalized spacial score (nSPS) is 22.2. The molecule has 2 aliphatic rings. The largest absolute Gasteiger partial charge is 0.397 e. The molecule has 0 radical (unpaired) electrons. The topological polar surface area (TPSA) is 68.5 Å². The second kappa shape index (κ2) is 6.40. The molecule has 5 heteroatoms. The molecule has 0 bridgehead atoms. The molecule has 0 aliphatic carbocycles. The fourth-order valence-corrected chi connectivity index (χ4v) is 3.83. The Balaban J connectivity index is 1.47. The van der Waals surface area contributed by atoms with Gasteiger partial charge >= 0.3 is 0 Å². The summed E-state index contributed by atoms with van der Waals surface area (Å²) in [6, 6.07) is 10.1. The minimum Gasteiger partial charge on any atom is -0.397 e. The van der Waals surface area contributed by atoms with E-state index in [0.29, 0.717) is 19.1 Å². The van der Waals surface area contributed by atoms with E-state index in [1.54, 1.807) is 0 Å². The van der Waals surface area contributed by atoms with E-state index in [9.17, 15) is 4.79 Å². The van der Waals surface area contributed by atoms with Crippen molar-refractivity contribution in [3.05, 3.63) is 36.0 Å². The second-order valence-electron chi connectivity index (χ2n) is 6.82. The summed E-state index contributed by atoms with van der Waals surface area (Å²) < 4.78 is 5.34. The van der Waals surface area contributed by atoms with Crippen molar-refractivity contribution >= 4 is 22.5 Å². The van der Waals surface area contributed by atoms with Gasteiger partial charge in [-0.15, -0.1) is 0 Å². The fourth-order valence-electron chi connectivity index (χ4n) is 3.83. The number of benzene rings is 1. The van der Waals surface area contributed by atoms with E-state index in [-0.39, 0.29) is 11.8 Å². The Morgan fingerprint density at radius 1 is 1.21 bits per heavy atom. The minimum atomic E-state index is 0.0606. The third-order valence-electron chi connectivity index (χ3n) is 5.26. The standard InChI is InChI=1S/C19H23N3O2/c20-16-11-14-3-1-2-4-17(14)21-18(16)13-5-8-22(9-6-13)19(23)15-7-10-24-12-15/h1-4,11,13,15H,5-10,12,20H2/t15-/m0/s1. The van der Waals surface area contributed by atoms with Crippen LogP contribution in [0.5, 0.6) is 0 Å². The van der Waals surface area contributed by atoms with Gasteiger partial charge in [-0.2, -0.15) is 0 Å². The molecule has 126 valence electrons.